The lowest BCUT2D eigenvalue weighted by molar-refractivity contribution is -0.115. The number of nitrogens with zero attached hydrogens (tertiary/aromatic N) is 6. The third kappa shape index (κ3) is 5.07. The van der Waals surface area contributed by atoms with Crippen molar-refractivity contribution >= 4 is 39.9 Å². The van der Waals surface area contributed by atoms with Crippen LogP contribution in [0, 0.1) is 25.7 Å². The number of anilines is 1. The van der Waals surface area contributed by atoms with Crippen LogP contribution in [0.25, 0.3) is 5.78 Å². The summed E-state index contributed by atoms with van der Waals surface area (Å²) >= 11 is 2.95. The number of piperidine rings is 1. The van der Waals surface area contributed by atoms with E-state index in [1.807, 2.05) is 25.5 Å². The number of aryl methyl sites for hydroxylation is 2. The number of aromatic nitrogens is 5. The Bertz CT molecular complexity index is 1080. The van der Waals surface area contributed by atoms with Gasteiger partial charge in [0.25, 0.3) is 5.78 Å². The Balaban J connectivity index is 1.41. The lowest BCUT2D eigenvalue weighted by Gasteiger charge is -2.34. The van der Waals surface area contributed by atoms with Crippen LogP contribution in [0.1, 0.15) is 42.9 Å². The Kier molecular flexibility index (Phi) is 6.59. The number of carbonyl (C=O) groups is 1. The molecule has 1 aliphatic heterocycles. The van der Waals surface area contributed by atoms with Gasteiger partial charge in [-0.3, -0.25) is 9.69 Å². The Morgan fingerprint density at radius 1 is 1.23 bits per heavy atom. The Labute approximate surface area is 190 Å². The van der Waals surface area contributed by atoms with Crippen LogP contribution in [-0.4, -0.2) is 54.7 Å². The van der Waals surface area contributed by atoms with Crippen molar-refractivity contribution in [3.8, 4) is 0 Å². The molecule has 31 heavy (non-hydrogen) atoms. The summed E-state index contributed by atoms with van der Waals surface area (Å²) in [5, 5.41) is 10.8. The molecular weight excluding hydrogens is 430 g/mol. The van der Waals surface area contributed by atoms with E-state index in [0.29, 0.717) is 16.1 Å². The van der Waals surface area contributed by atoms with Crippen LogP contribution in [0.2, 0.25) is 0 Å². The van der Waals surface area contributed by atoms with Crippen molar-refractivity contribution in [2.45, 2.75) is 52.2 Å². The van der Waals surface area contributed by atoms with Gasteiger partial charge in [-0.2, -0.15) is 4.98 Å². The van der Waals surface area contributed by atoms with Gasteiger partial charge in [-0.05, 0) is 38.4 Å². The minimum atomic E-state index is -0.0985. The van der Waals surface area contributed by atoms with Gasteiger partial charge in [-0.15, -0.1) is 16.4 Å². The predicted octanol–water partition coefficient (Wildman–Crippen LogP) is 3.58. The van der Waals surface area contributed by atoms with E-state index in [-0.39, 0.29) is 12.3 Å². The third-order valence-electron chi connectivity index (χ3n) is 5.68. The van der Waals surface area contributed by atoms with Crippen molar-refractivity contribution in [2.24, 2.45) is 11.8 Å². The summed E-state index contributed by atoms with van der Waals surface area (Å²) in [4.78, 5) is 28.8. The smallest absolute Gasteiger partial charge is 0.253 e. The zero-order valence-electron chi connectivity index (χ0n) is 18.7. The average molecular weight is 460 g/mol. The maximum absolute atomic E-state index is 12.7. The number of hydrogen-bond donors (Lipinski definition) is 1. The van der Waals surface area contributed by atoms with E-state index in [1.165, 1.54) is 29.5 Å². The molecule has 8 nitrogen and oxygen atoms in total. The first-order chi connectivity index (χ1) is 14.8. The minimum Gasteiger partial charge on any atom is -0.302 e. The van der Waals surface area contributed by atoms with E-state index < -0.39 is 0 Å². The molecule has 1 fully saturated rings. The lowest BCUT2D eigenvalue weighted by Crippen LogP contribution is -2.38. The van der Waals surface area contributed by atoms with Crippen LogP contribution in [0.5, 0.6) is 0 Å². The normalized spacial score (nSPS) is 19.8. The van der Waals surface area contributed by atoms with Gasteiger partial charge in [0.2, 0.25) is 11.1 Å². The van der Waals surface area contributed by atoms with Gasteiger partial charge >= 0.3 is 0 Å². The Morgan fingerprint density at radius 2 is 1.97 bits per heavy atom. The molecule has 0 aromatic carbocycles. The van der Waals surface area contributed by atoms with E-state index in [9.17, 15) is 4.79 Å². The molecule has 2 atom stereocenters. The van der Waals surface area contributed by atoms with Crippen LogP contribution in [-0.2, 0) is 17.8 Å². The SMILES string of the molecule is CSc1nc2nc(C)c(CC(=O)Nc3nc(CN4CC(C)CC(C)C4)cs3)c(C)n2n1. The second-order valence-corrected chi connectivity index (χ2v) is 10.2. The highest BCUT2D eigenvalue weighted by atomic mass is 32.2. The standard InChI is InChI=1S/C21H29N7OS2/c1-12-6-13(2)9-27(8-12)10-16-11-31-20(23-16)24-18(29)7-17-14(3)22-19-25-21(30-5)26-28(19)15(17)4/h11-13H,6-10H2,1-5H3,(H,23,24,29). The van der Waals surface area contributed by atoms with Crippen LogP contribution >= 0.6 is 23.1 Å². The molecule has 0 spiro atoms. The summed E-state index contributed by atoms with van der Waals surface area (Å²) in [5.74, 6) is 1.90. The number of thioether (sulfide) groups is 1. The number of amides is 1. The molecule has 1 amide bonds. The molecule has 0 saturated carbocycles. The molecule has 0 radical (unpaired) electrons. The molecule has 4 rings (SSSR count). The molecule has 1 N–H and O–H groups in total. The number of carbonyl (C=O) groups excluding carboxylic acids is 1. The van der Waals surface area contributed by atoms with Crippen molar-refractivity contribution in [1.29, 1.82) is 0 Å². The Hall–Kier alpha value is -2.04. The summed E-state index contributed by atoms with van der Waals surface area (Å²) in [6.45, 7) is 11.5. The second-order valence-electron chi connectivity index (χ2n) is 8.58. The summed E-state index contributed by atoms with van der Waals surface area (Å²) in [6.07, 6.45) is 3.45. The zero-order chi connectivity index (χ0) is 22.1. The molecule has 10 heteroatoms. The molecule has 1 saturated heterocycles. The van der Waals surface area contributed by atoms with Crippen LogP contribution in [0.15, 0.2) is 10.5 Å². The average Bonchev–Trinajstić information content (AvgIpc) is 3.31. The van der Waals surface area contributed by atoms with E-state index in [4.69, 9.17) is 0 Å². The topological polar surface area (TPSA) is 88.3 Å². The van der Waals surface area contributed by atoms with Gasteiger partial charge in [0.1, 0.15) is 0 Å². The highest BCUT2D eigenvalue weighted by Crippen LogP contribution is 2.24. The zero-order valence-corrected chi connectivity index (χ0v) is 20.3. The first-order valence-electron chi connectivity index (χ1n) is 10.6. The summed E-state index contributed by atoms with van der Waals surface area (Å²) in [7, 11) is 0. The highest BCUT2D eigenvalue weighted by Gasteiger charge is 2.22. The van der Waals surface area contributed by atoms with E-state index in [2.05, 4.69) is 44.1 Å². The summed E-state index contributed by atoms with van der Waals surface area (Å²) in [5.41, 5.74) is 3.58. The minimum absolute atomic E-state index is 0.0985. The lowest BCUT2D eigenvalue weighted by atomic mass is 9.92. The highest BCUT2D eigenvalue weighted by molar-refractivity contribution is 7.98. The maximum Gasteiger partial charge on any atom is 0.253 e. The van der Waals surface area contributed by atoms with Crippen molar-refractivity contribution in [3.63, 3.8) is 0 Å². The second kappa shape index (κ2) is 9.22. The van der Waals surface area contributed by atoms with E-state index in [0.717, 1.165) is 54.1 Å². The fourth-order valence-electron chi connectivity index (χ4n) is 4.44. The van der Waals surface area contributed by atoms with Gasteiger partial charge in [0.15, 0.2) is 5.13 Å². The van der Waals surface area contributed by atoms with Gasteiger partial charge < -0.3 is 5.32 Å². The molecular formula is C21H29N7OS2. The molecule has 4 heterocycles. The monoisotopic (exact) mass is 459 g/mol. The molecule has 2 unspecified atom stereocenters. The van der Waals surface area contributed by atoms with Crippen LogP contribution in [0.3, 0.4) is 0 Å². The van der Waals surface area contributed by atoms with Gasteiger partial charge in [-0.1, -0.05) is 25.6 Å². The summed E-state index contributed by atoms with van der Waals surface area (Å²) < 4.78 is 1.71. The van der Waals surface area contributed by atoms with Crippen molar-refractivity contribution in [2.75, 3.05) is 24.7 Å². The predicted molar refractivity (Wildman–Crippen MR) is 125 cm³/mol. The number of hydrogen-bond acceptors (Lipinski definition) is 8. The van der Waals surface area contributed by atoms with E-state index in [1.54, 1.807) is 4.52 Å². The number of rotatable bonds is 6. The fourth-order valence-corrected chi connectivity index (χ4v) is 5.50. The van der Waals surface area contributed by atoms with E-state index >= 15 is 0 Å². The first kappa shape index (κ1) is 22.2. The summed E-state index contributed by atoms with van der Waals surface area (Å²) in [6, 6.07) is 0. The van der Waals surface area contributed by atoms with Gasteiger partial charge in [0.05, 0.1) is 12.1 Å². The maximum atomic E-state index is 12.7. The quantitative estimate of drug-likeness (QED) is 0.564. The van der Waals surface area contributed by atoms with Gasteiger partial charge in [-0.25, -0.2) is 14.5 Å². The molecule has 1 aliphatic rings. The first-order valence-corrected chi connectivity index (χ1v) is 12.7. The van der Waals surface area contributed by atoms with Gasteiger partial charge in [0, 0.05) is 42.0 Å². The molecule has 3 aromatic rings. The number of fused-ring (bicyclic) bond motifs is 1. The van der Waals surface area contributed by atoms with Crippen molar-refractivity contribution in [3.05, 3.63) is 28.0 Å². The number of likely N-dealkylation sites (tertiary alicyclic amines) is 1. The largest absolute Gasteiger partial charge is 0.302 e. The number of thiazole rings is 1. The third-order valence-corrected chi connectivity index (χ3v) is 7.02. The van der Waals surface area contributed by atoms with Crippen molar-refractivity contribution in [1.82, 2.24) is 29.5 Å². The van der Waals surface area contributed by atoms with Crippen LogP contribution < -0.4 is 5.32 Å². The Morgan fingerprint density at radius 3 is 2.68 bits per heavy atom. The molecule has 0 aliphatic carbocycles. The fraction of sp³-hybridized carbons (Fsp3) is 0.571. The van der Waals surface area contributed by atoms with Crippen molar-refractivity contribution < 1.29 is 4.79 Å². The molecule has 3 aromatic heterocycles. The molecule has 0 bridgehead atoms. The molecule has 166 valence electrons. The number of nitrogens with one attached hydrogen (secondary N) is 1. The van der Waals surface area contributed by atoms with Crippen LogP contribution in [0.4, 0.5) is 5.13 Å².